The van der Waals surface area contributed by atoms with Gasteiger partial charge in [0.1, 0.15) is 5.75 Å². The zero-order chi connectivity index (χ0) is 18.1. The number of hydrogen-bond donors (Lipinski definition) is 0. The van der Waals surface area contributed by atoms with Crippen LogP contribution in [0.1, 0.15) is 45.6 Å². The zero-order valence-electron chi connectivity index (χ0n) is 15.4. The van der Waals surface area contributed by atoms with Crippen LogP contribution in [0.25, 0.3) is 0 Å². The lowest BCUT2D eigenvalue weighted by Gasteiger charge is -2.24. The molecule has 1 amide bonds. The summed E-state index contributed by atoms with van der Waals surface area (Å²) in [5.41, 5.74) is 1.11. The molecule has 1 aromatic rings. The number of nitrogens with zero attached hydrogens (tertiary/aromatic N) is 1. The number of rotatable bonds is 9. The van der Waals surface area contributed by atoms with Crippen LogP contribution in [0.2, 0.25) is 0 Å². The lowest BCUT2D eigenvalue weighted by molar-refractivity contribution is -0.146. The van der Waals surface area contributed by atoms with Gasteiger partial charge >= 0.3 is 5.97 Å². The number of methoxy groups -OCH3 is 1. The van der Waals surface area contributed by atoms with E-state index in [9.17, 15) is 9.59 Å². The first-order valence-corrected chi connectivity index (χ1v) is 8.51. The highest BCUT2D eigenvalue weighted by Gasteiger charge is 2.21. The van der Waals surface area contributed by atoms with Crippen LogP contribution >= 0.6 is 0 Å². The third-order valence-electron chi connectivity index (χ3n) is 4.25. The van der Waals surface area contributed by atoms with Crippen LogP contribution in [0.15, 0.2) is 24.3 Å². The van der Waals surface area contributed by atoms with Gasteiger partial charge in [0.15, 0.2) is 6.61 Å². The predicted octanol–water partition coefficient (Wildman–Crippen LogP) is 3.24. The van der Waals surface area contributed by atoms with Crippen LogP contribution in [0, 0.1) is 5.92 Å². The van der Waals surface area contributed by atoms with Crippen molar-refractivity contribution >= 4 is 11.9 Å². The molecule has 5 heteroatoms. The maximum atomic E-state index is 12.4. The van der Waals surface area contributed by atoms with Gasteiger partial charge in [-0.2, -0.15) is 0 Å². The molecule has 0 N–H and O–H groups in total. The first-order chi connectivity index (χ1) is 11.4. The van der Waals surface area contributed by atoms with Gasteiger partial charge in [-0.3, -0.25) is 9.59 Å². The molecule has 0 saturated heterocycles. The molecule has 24 heavy (non-hydrogen) atoms. The first-order valence-electron chi connectivity index (χ1n) is 8.51. The molecule has 0 aliphatic rings. The topological polar surface area (TPSA) is 55.8 Å². The Balaban J connectivity index is 2.69. The average Bonchev–Trinajstić information content (AvgIpc) is 2.62. The SMILES string of the molecule is CCC(C)c1ccccc1OCC(=O)N(CC)CC(C)C(=O)OC. The fraction of sp³-hybridized carbons (Fsp3) is 0.579. The predicted molar refractivity (Wildman–Crippen MR) is 94.1 cm³/mol. The van der Waals surface area contributed by atoms with Crippen molar-refractivity contribution in [3.8, 4) is 5.75 Å². The van der Waals surface area contributed by atoms with E-state index in [1.807, 2.05) is 31.2 Å². The monoisotopic (exact) mass is 335 g/mol. The van der Waals surface area contributed by atoms with Gasteiger partial charge in [-0.05, 0) is 30.9 Å². The first kappa shape index (κ1) is 20.0. The molecule has 0 aromatic heterocycles. The Kier molecular flexibility index (Phi) is 8.30. The smallest absolute Gasteiger partial charge is 0.310 e. The highest BCUT2D eigenvalue weighted by Crippen LogP contribution is 2.28. The largest absolute Gasteiger partial charge is 0.483 e. The molecule has 1 aromatic carbocycles. The highest BCUT2D eigenvalue weighted by atomic mass is 16.5. The van der Waals surface area contributed by atoms with Crippen LogP contribution in [0.5, 0.6) is 5.75 Å². The summed E-state index contributed by atoms with van der Waals surface area (Å²) in [6.45, 7) is 8.72. The molecular formula is C19H29NO4. The Morgan fingerprint density at radius 3 is 2.42 bits per heavy atom. The van der Waals surface area contributed by atoms with Gasteiger partial charge in [-0.25, -0.2) is 0 Å². The van der Waals surface area contributed by atoms with Crippen molar-refractivity contribution in [2.45, 2.75) is 40.0 Å². The standard InChI is InChI=1S/C19H29NO4/c1-6-14(3)16-10-8-9-11-17(16)24-13-18(21)20(7-2)12-15(4)19(22)23-5/h8-11,14-15H,6-7,12-13H2,1-5H3. The van der Waals surface area contributed by atoms with Crippen LogP contribution in [0.4, 0.5) is 0 Å². The van der Waals surface area contributed by atoms with Gasteiger partial charge in [0.05, 0.1) is 13.0 Å². The third kappa shape index (κ3) is 5.55. The number of benzene rings is 1. The molecule has 0 aliphatic heterocycles. The molecule has 0 bridgehead atoms. The summed E-state index contributed by atoms with van der Waals surface area (Å²) in [5.74, 6) is 0.318. The highest BCUT2D eigenvalue weighted by molar-refractivity contribution is 5.79. The maximum absolute atomic E-state index is 12.4. The lowest BCUT2D eigenvalue weighted by atomic mass is 9.98. The quantitative estimate of drug-likeness (QED) is 0.650. The van der Waals surface area contributed by atoms with Crippen molar-refractivity contribution in [3.63, 3.8) is 0 Å². The van der Waals surface area contributed by atoms with E-state index < -0.39 is 0 Å². The number of likely N-dealkylation sites (N-methyl/N-ethyl adjacent to an activating group) is 1. The molecule has 0 heterocycles. The van der Waals surface area contributed by atoms with Crippen LogP contribution in [0.3, 0.4) is 0 Å². The van der Waals surface area contributed by atoms with Gasteiger partial charge in [0.25, 0.3) is 5.91 Å². The Morgan fingerprint density at radius 2 is 1.83 bits per heavy atom. The molecule has 134 valence electrons. The molecule has 0 fully saturated rings. The number of ether oxygens (including phenoxy) is 2. The van der Waals surface area contributed by atoms with E-state index >= 15 is 0 Å². The summed E-state index contributed by atoms with van der Waals surface area (Å²) in [6.07, 6.45) is 1.01. The fourth-order valence-corrected chi connectivity index (χ4v) is 2.48. The van der Waals surface area contributed by atoms with E-state index in [1.54, 1.807) is 11.8 Å². The number of amides is 1. The molecule has 0 radical (unpaired) electrons. The lowest BCUT2D eigenvalue weighted by Crippen LogP contribution is -2.39. The molecule has 2 atom stereocenters. The summed E-state index contributed by atoms with van der Waals surface area (Å²) in [5, 5.41) is 0. The van der Waals surface area contributed by atoms with E-state index in [4.69, 9.17) is 9.47 Å². The van der Waals surface area contributed by atoms with Crippen molar-refractivity contribution in [2.24, 2.45) is 5.92 Å². The Bertz CT molecular complexity index is 544. The second-order valence-electron chi connectivity index (χ2n) is 5.99. The van der Waals surface area contributed by atoms with Crippen LogP contribution in [-0.4, -0.2) is 43.6 Å². The minimum Gasteiger partial charge on any atom is -0.483 e. The minimum absolute atomic E-state index is 0.0326. The number of carbonyl (C=O) groups is 2. The minimum atomic E-state index is -0.355. The Morgan fingerprint density at radius 1 is 1.17 bits per heavy atom. The van der Waals surface area contributed by atoms with Crippen molar-refractivity contribution in [2.75, 3.05) is 26.8 Å². The van der Waals surface area contributed by atoms with E-state index in [1.165, 1.54) is 7.11 Å². The summed E-state index contributed by atoms with van der Waals surface area (Å²) in [7, 11) is 1.35. The zero-order valence-corrected chi connectivity index (χ0v) is 15.4. The summed E-state index contributed by atoms with van der Waals surface area (Å²) in [4.78, 5) is 25.5. The number of hydrogen-bond acceptors (Lipinski definition) is 4. The van der Waals surface area contributed by atoms with Gasteiger partial charge in [0, 0.05) is 13.1 Å². The molecule has 1 rings (SSSR count). The van der Waals surface area contributed by atoms with Gasteiger partial charge < -0.3 is 14.4 Å². The molecule has 0 aliphatic carbocycles. The molecule has 5 nitrogen and oxygen atoms in total. The van der Waals surface area contributed by atoms with E-state index in [2.05, 4.69) is 13.8 Å². The molecule has 2 unspecified atom stereocenters. The second-order valence-corrected chi connectivity index (χ2v) is 5.99. The molecular weight excluding hydrogens is 306 g/mol. The van der Waals surface area contributed by atoms with Crippen molar-refractivity contribution < 1.29 is 19.1 Å². The second kappa shape index (κ2) is 9.96. The van der Waals surface area contributed by atoms with E-state index in [0.29, 0.717) is 19.0 Å². The molecule has 0 spiro atoms. The fourth-order valence-electron chi connectivity index (χ4n) is 2.48. The van der Waals surface area contributed by atoms with Crippen LogP contribution in [-0.2, 0) is 14.3 Å². The Hall–Kier alpha value is -2.04. The average molecular weight is 335 g/mol. The van der Waals surface area contributed by atoms with Crippen molar-refractivity contribution in [1.29, 1.82) is 0 Å². The van der Waals surface area contributed by atoms with Gasteiger partial charge in [-0.1, -0.05) is 39.0 Å². The van der Waals surface area contributed by atoms with Crippen molar-refractivity contribution in [1.82, 2.24) is 4.90 Å². The third-order valence-corrected chi connectivity index (χ3v) is 4.25. The number of para-hydroxylation sites is 1. The number of esters is 1. The summed E-state index contributed by atoms with van der Waals surface area (Å²) >= 11 is 0. The number of carbonyl (C=O) groups excluding carboxylic acids is 2. The van der Waals surface area contributed by atoms with E-state index in [-0.39, 0.29) is 24.4 Å². The maximum Gasteiger partial charge on any atom is 0.310 e. The normalized spacial score (nSPS) is 13.0. The van der Waals surface area contributed by atoms with Crippen LogP contribution < -0.4 is 4.74 Å². The summed E-state index contributed by atoms with van der Waals surface area (Å²) in [6, 6.07) is 7.81. The summed E-state index contributed by atoms with van der Waals surface area (Å²) < 4.78 is 10.5. The van der Waals surface area contributed by atoms with Crippen molar-refractivity contribution in [3.05, 3.63) is 29.8 Å². The van der Waals surface area contributed by atoms with E-state index in [0.717, 1.165) is 17.7 Å². The van der Waals surface area contributed by atoms with Gasteiger partial charge in [0.2, 0.25) is 0 Å². The Labute approximate surface area is 144 Å². The molecule has 0 saturated carbocycles. The van der Waals surface area contributed by atoms with Gasteiger partial charge in [-0.15, -0.1) is 0 Å².